The van der Waals surface area contributed by atoms with Crippen LogP contribution in [0.4, 0.5) is 0 Å². The third-order valence-electron chi connectivity index (χ3n) is 1.20. The Bertz CT molecular complexity index is 71.5. The zero-order chi connectivity index (χ0) is 5.11. The van der Waals surface area contributed by atoms with Gasteiger partial charge in [-0.25, -0.2) is 6.29 Å². The first kappa shape index (κ1) is 11.9. The average molecular weight is 164 g/mol. The summed E-state index contributed by atoms with van der Waals surface area (Å²) in [5.74, 6) is 0. The van der Waals surface area contributed by atoms with Gasteiger partial charge < -0.3 is 17.5 Å². The predicted octanol–water partition coefficient (Wildman–Crippen LogP) is 0.296. The summed E-state index contributed by atoms with van der Waals surface area (Å²) in [5.41, 5.74) is 0. The van der Waals surface area contributed by atoms with Crippen LogP contribution in [0, 0.1) is 7.43 Å². The van der Waals surface area contributed by atoms with E-state index in [1.54, 1.807) is 0 Å². The smallest absolute Gasteiger partial charge is 0.540 e. The van der Waals surface area contributed by atoms with E-state index in [1.807, 2.05) is 6.29 Å². The van der Waals surface area contributed by atoms with Crippen LogP contribution in [0.3, 0.4) is 0 Å². The molecule has 0 aliphatic carbocycles. The molecule has 0 aromatic carbocycles. The first-order valence-corrected chi connectivity index (χ1v) is 2.54. The Kier molecular flexibility index (Phi) is 8.41. The van der Waals surface area contributed by atoms with Gasteiger partial charge >= 0.3 is 18.6 Å². The van der Waals surface area contributed by atoms with E-state index in [1.165, 1.54) is 0 Å². The van der Waals surface area contributed by atoms with Gasteiger partial charge in [0.25, 0.3) is 0 Å². The Labute approximate surface area is 68.3 Å². The molecule has 1 heterocycles. The van der Waals surface area contributed by atoms with E-state index in [4.69, 9.17) is 0 Å². The fourth-order valence-electron chi connectivity index (χ4n) is 0.785. The first-order valence-electron chi connectivity index (χ1n) is 2.54. The molecule has 0 aromatic heterocycles. The molecule has 1 fully saturated rings. The van der Waals surface area contributed by atoms with Crippen LogP contribution in [0.1, 0.15) is 12.8 Å². The molecule has 2 nitrogen and oxygen atoms in total. The Morgan fingerprint density at radius 3 is 2.44 bits per heavy atom. The van der Waals surface area contributed by atoms with E-state index in [-0.39, 0.29) is 32.0 Å². The van der Waals surface area contributed by atoms with Crippen molar-refractivity contribution in [1.29, 1.82) is 0 Å². The number of hydrogen-bond acceptors (Lipinski definition) is 2. The van der Waals surface area contributed by atoms with Gasteiger partial charge in [0.2, 0.25) is 0 Å². The molecule has 1 rings (SSSR count). The molecule has 1 saturated heterocycles. The van der Waals surface area contributed by atoms with Crippen molar-refractivity contribution in [3.05, 3.63) is 7.43 Å². The van der Waals surface area contributed by atoms with Crippen molar-refractivity contribution in [1.82, 2.24) is 5.32 Å². The molecule has 1 atom stereocenters. The molecule has 1 unspecified atom stereocenters. The number of nitrogens with one attached hydrogen (secondary N) is 1. The predicted molar refractivity (Wildman–Crippen MR) is 33.1 cm³/mol. The average Bonchev–Trinajstić information content (AvgIpc) is 2.14. The van der Waals surface area contributed by atoms with Crippen LogP contribution in [0.15, 0.2) is 0 Å². The van der Waals surface area contributed by atoms with Crippen LogP contribution in [0.2, 0.25) is 0 Å². The van der Waals surface area contributed by atoms with Crippen LogP contribution in [-0.4, -0.2) is 18.9 Å². The van der Waals surface area contributed by atoms with Gasteiger partial charge in [0.15, 0.2) is 0 Å². The standard InChI is InChI=1S/C5H8NO.CH3.V/c7-4-5-2-1-3-6-5;;/h5-6H,1-3H2;1H3;/q2*-1;+2. The molecule has 0 spiro atoms. The SMILES string of the molecule is O=[C-]C1CCCN1.[CH3-].[V+2]. The second kappa shape index (κ2) is 6.34. The van der Waals surface area contributed by atoms with Gasteiger partial charge in [0.05, 0.1) is 0 Å². The Morgan fingerprint density at radius 2 is 2.22 bits per heavy atom. The maximum absolute atomic E-state index is 9.82. The number of carbonyl (C=O) groups excluding carboxylic acids is 1. The van der Waals surface area contributed by atoms with Crippen molar-refractivity contribution < 1.29 is 23.4 Å². The quantitative estimate of drug-likeness (QED) is 0.564. The second-order valence-corrected chi connectivity index (χ2v) is 1.77. The maximum atomic E-state index is 9.82. The van der Waals surface area contributed by atoms with Gasteiger partial charge in [-0.15, -0.1) is 0 Å². The van der Waals surface area contributed by atoms with Crippen LogP contribution in [-0.2, 0) is 23.4 Å². The van der Waals surface area contributed by atoms with Crippen molar-refractivity contribution in [2.24, 2.45) is 0 Å². The zero-order valence-electron chi connectivity index (χ0n) is 5.55. The summed E-state index contributed by atoms with van der Waals surface area (Å²) in [4.78, 5) is 9.82. The maximum Gasteiger partial charge on any atom is 2.00 e. The molecule has 1 aliphatic rings. The molecule has 0 saturated carbocycles. The number of rotatable bonds is 1. The minimum atomic E-state index is 0. The van der Waals surface area contributed by atoms with Gasteiger partial charge in [0.1, 0.15) is 0 Å². The summed E-state index contributed by atoms with van der Waals surface area (Å²) in [7, 11) is 0. The second-order valence-electron chi connectivity index (χ2n) is 1.77. The van der Waals surface area contributed by atoms with Crippen molar-refractivity contribution >= 4 is 6.29 Å². The van der Waals surface area contributed by atoms with Crippen LogP contribution in [0.5, 0.6) is 0 Å². The third kappa shape index (κ3) is 3.74. The van der Waals surface area contributed by atoms with E-state index in [9.17, 15) is 4.79 Å². The van der Waals surface area contributed by atoms with Gasteiger partial charge in [-0.2, -0.15) is 0 Å². The van der Waals surface area contributed by atoms with E-state index >= 15 is 0 Å². The molecule has 9 heavy (non-hydrogen) atoms. The van der Waals surface area contributed by atoms with Crippen molar-refractivity contribution in [2.45, 2.75) is 18.9 Å². The van der Waals surface area contributed by atoms with Crippen molar-refractivity contribution in [2.75, 3.05) is 6.54 Å². The minimum absolute atomic E-state index is 0. The van der Waals surface area contributed by atoms with Crippen LogP contribution in [0.25, 0.3) is 0 Å². The Morgan fingerprint density at radius 1 is 1.56 bits per heavy atom. The monoisotopic (exact) mass is 164 g/mol. The summed E-state index contributed by atoms with van der Waals surface area (Å²) in [6, 6.07) is 0.0417. The van der Waals surface area contributed by atoms with Gasteiger partial charge in [-0.1, -0.05) is 12.5 Å². The molecule has 1 N–H and O–H groups in total. The van der Waals surface area contributed by atoms with E-state index < -0.39 is 0 Å². The molecule has 1 aliphatic heterocycles. The fourth-order valence-corrected chi connectivity index (χ4v) is 0.785. The van der Waals surface area contributed by atoms with Crippen molar-refractivity contribution in [3.63, 3.8) is 0 Å². The first-order chi connectivity index (χ1) is 3.43. The van der Waals surface area contributed by atoms with E-state index in [0.29, 0.717) is 0 Å². The van der Waals surface area contributed by atoms with Crippen LogP contribution >= 0.6 is 0 Å². The van der Waals surface area contributed by atoms with E-state index in [2.05, 4.69) is 5.32 Å². The summed E-state index contributed by atoms with van der Waals surface area (Å²) < 4.78 is 0. The molecule has 3 heteroatoms. The largest absolute Gasteiger partial charge is 2.00 e. The topological polar surface area (TPSA) is 29.1 Å². The number of hydrogen-bond donors (Lipinski definition) is 1. The van der Waals surface area contributed by atoms with Crippen LogP contribution < -0.4 is 5.32 Å². The van der Waals surface area contributed by atoms with Gasteiger partial charge in [0, 0.05) is 0 Å². The summed E-state index contributed by atoms with van der Waals surface area (Å²) in [6.45, 7) is 0.986. The molecule has 51 valence electrons. The summed E-state index contributed by atoms with van der Waals surface area (Å²) >= 11 is 0. The summed E-state index contributed by atoms with van der Waals surface area (Å²) in [6.07, 6.45) is 4.00. The Hall–Kier alpha value is 0.214. The van der Waals surface area contributed by atoms with E-state index in [0.717, 1.165) is 19.4 Å². The molecule has 0 aromatic rings. The normalized spacial score (nSPS) is 23.8. The molecule has 1 radical (unpaired) electrons. The zero-order valence-corrected chi connectivity index (χ0v) is 6.95. The third-order valence-corrected chi connectivity index (χ3v) is 1.20. The fraction of sp³-hybridized carbons (Fsp3) is 0.667. The molecule has 0 amide bonds. The minimum Gasteiger partial charge on any atom is -0.540 e. The Balaban J connectivity index is 0. The molecule has 0 bridgehead atoms. The summed E-state index contributed by atoms with van der Waals surface area (Å²) in [5, 5.41) is 2.98. The van der Waals surface area contributed by atoms with Gasteiger partial charge in [-0.3, -0.25) is 0 Å². The molecular weight excluding hydrogens is 153 g/mol. The van der Waals surface area contributed by atoms with Gasteiger partial charge in [-0.05, 0) is 13.0 Å². The molecular formula is C6H11NOV. The van der Waals surface area contributed by atoms with Crippen molar-refractivity contribution in [3.8, 4) is 0 Å².